The zero-order valence-corrected chi connectivity index (χ0v) is 16.8. The standard InChI is InChI=1S/C23H21FN6/c1-14-10-28-30-22(14)29-21(17-9-18(24)13-25-11-17)15(2)23(30)26-8-7-16-12-27-20-6-4-3-5-19(16)20/h3-6,9-13,26-27H,7-8H2,1-2H3. The molecule has 1 aromatic carbocycles. The van der Waals surface area contributed by atoms with Crippen molar-refractivity contribution >= 4 is 22.4 Å². The largest absolute Gasteiger partial charge is 0.369 e. The lowest BCUT2D eigenvalue weighted by molar-refractivity contribution is 0.622. The van der Waals surface area contributed by atoms with E-state index >= 15 is 0 Å². The minimum atomic E-state index is -0.382. The lowest BCUT2D eigenvalue weighted by Gasteiger charge is -2.15. The topological polar surface area (TPSA) is 70.9 Å². The third-order valence-electron chi connectivity index (χ3n) is 5.40. The Bertz CT molecular complexity index is 1370. The number of pyridine rings is 1. The number of aromatic amines is 1. The molecule has 5 rings (SSSR count). The van der Waals surface area contributed by atoms with Gasteiger partial charge in [0.2, 0.25) is 0 Å². The maximum Gasteiger partial charge on any atom is 0.160 e. The Hall–Kier alpha value is -3.74. The number of halogens is 1. The quantitative estimate of drug-likeness (QED) is 0.449. The fourth-order valence-corrected chi connectivity index (χ4v) is 3.87. The first-order valence-corrected chi connectivity index (χ1v) is 9.86. The summed E-state index contributed by atoms with van der Waals surface area (Å²) in [5.41, 5.74) is 6.35. The lowest BCUT2D eigenvalue weighted by Crippen LogP contribution is -2.12. The summed E-state index contributed by atoms with van der Waals surface area (Å²) < 4.78 is 15.6. The van der Waals surface area contributed by atoms with Crippen LogP contribution in [0.5, 0.6) is 0 Å². The van der Waals surface area contributed by atoms with Gasteiger partial charge in [-0.15, -0.1) is 0 Å². The molecule has 5 aromatic rings. The number of nitrogens with zero attached hydrogens (tertiary/aromatic N) is 4. The zero-order chi connectivity index (χ0) is 20.7. The fourth-order valence-electron chi connectivity index (χ4n) is 3.87. The summed E-state index contributed by atoms with van der Waals surface area (Å²) in [7, 11) is 0. The van der Waals surface area contributed by atoms with E-state index in [1.807, 2.05) is 24.4 Å². The lowest BCUT2D eigenvalue weighted by atomic mass is 10.1. The number of H-pyrrole nitrogens is 1. The van der Waals surface area contributed by atoms with Gasteiger partial charge in [-0.2, -0.15) is 9.61 Å². The van der Waals surface area contributed by atoms with E-state index in [1.165, 1.54) is 23.2 Å². The molecule has 0 amide bonds. The summed E-state index contributed by atoms with van der Waals surface area (Å²) in [6, 6.07) is 9.74. The molecule has 0 spiro atoms. The highest BCUT2D eigenvalue weighted by atomic mass is 19.1. The molecule has 7 heteroatoms. The smallest absolute Gasteiger partial charge is 0.160 e. The second-order valence-electron chi connectivity index (χ2n) is 7.43. The van der Waals surface area contributed by atoms with E-state index in [9.17, 15) is 4.39 Å². The van der Waals surface area contributed by atoms with Crippen LogP contribution in [-0.4, -0.2) is 31.1 Å². The Morgan fingerprint density at radius 3 is 2.87 bits per heavy atom. The van der Waals surface area contributed by atoms with Gasteiger partial charge in [-0.05, 0) is 38.0 Å². The molecule has 0 bridgehead atoms. The highest BCUT2D eigenvalue weighted by molar-refractivity contribution is 5.83. The number of hydrogen-bond donors (Lipinski definition) is 2. The minimum absolute atomic E-state index is 0.382. The minimum Gasteiger partial charge on any atom is -0.369 e. The average Bonchev–Trinajstić information content (AvgIpc) is 3.33. The molecule has 150 valence electrons. The summed E-state index contributed by atoms with van der Waals surface area (Å²) in [4.78, 5) is 12.1. The van der Waals surface area contributed by atoms with Crippen molar-refractivity contribution in [1.82, 2.24) is 24.6 Å². The molecule has 2 N–H and O–H groups in total. The van der Waals surface area contributed by atoms with Crippen LogP contribution in [-0.2, 0) is 6.42 Å². The van der Waals surface area contributed by atoms with Gasteiger partial charge >= 0.3 is 0 Å². The number of benzene rings is 1. The first kappa shape index (κ1) is 18.3. The van der Waals surface area contributed by atoms with Gasteiger partial charge < -0.3 is 10.3 Å². The molecule has 30 heavy (non-hydrogen) atoms. The van der Waals surface area contributed by atoms with Crippen LogP contribution in [0.2, 0.25) is 0 Å². The van der Waals surface area contributed by atoms with Crippen LogP contribution in [0.1, 0.15) is 16.7 Å². The fraction of sp³-hybridized carbons (Fsp3) is 0.174. The molecule has 0 aliphatic carbocycles. The first-order valence-electron chi connectivity index (χ1n) is 9.86. The van der Waals surface area contributed by atoms with Crippen molar-refractivity contribution < 1.29 is 4.39 Å². The SMILES string of the molecule is Cc1c(-c2cncc(F)c2)nc2c(C)cnn2c1NCCc1c[nH]c2ccccc12. The number of rotatable bonds is 5. The van der Waals surface area contributed by atoms with Crippen molar-refractivity contribution in [2.24, 2.45) is 0 Å². The highest BCUT2D eigenvalue weighted by Gasteiger charge is 2.16. The average molecular weight is 400 g/mol. The summed E-state index contributed by atoms with van der Waals surface area (Å²) in [5.74, 6) is 0.472. The van der Waals surface area contributed by atoms with Gasteiger partial charge in [-0.1, -0.05) is 18.2 Å². The number of hydrogen-bond acceptors (Lipinski definition) is 4. The van der Waals surface area contributed by atoms with E-state index < -0.39 is 0 Å². The molecule has 4 heterocycles. The van der Waals surface area contributed by atoms with Crippen molar-refractivity contribution in [2.75, 3.05) is 11.9 Å². The molecule has 0 fully saturated rings. The van der Waals surface area contributed by atoms with E-state index in [4.69, 9.17) is 4.98 Å². The van der Waals surface area contributed by atoms with E-state index in [2.05, 4.69) is 44.8 Å². The zero-order valence-electron chi connectivity index (χ0n) is 16.8. The van der Waals surface area contributed by atoms with E-state index in [-0.39, 0.29) is 5.82 Å². The number of nitrogens with one attached hydrogen (secondary N) is 2. The van der Waals surface area contributed by atoms with Gasteiger partial charge in [-0.25, -0.2) is 9.37 Å². The van der Waals surface area contributed by atoms with Crippen molar-refractivity contribution in [2.45, 2.75) is 20.3 Å². The predicted octanol–water partition coefficient (Wildman–Crippen LogP) is 4.68. The van der Waals surface area contributed by atoms with Crippen LogP contribution >= 0.6 is 0 Å². The predicted molar refractivity (Wildman–Crippen MR) is 116 cm³/mol. The van der Waals surface area contributed by atoms with Gasteiger partial charge in [0.25, 0.3) is 0 Å². The van der Waals surface area contributed by atoms with Gasteiger partial charge in [0.1, 0.15) is 11.6 Å². The number of aryl methyl sites for hydroxylation is 1. The van der Waals surface area contributed by atoms with Crippen LogP contribution in [0, 0.1) is 19.7 Å². The third kappa shape index (κ3) is 3.08. The molecule has 0 saturated carbocycles. The maximum absolute atomic E-state index is 13.8. The number of fused-ring (bicyclic) bond motifs is 2. The normalized spacial score (nSPS) is 11.4. The summed E-state index contributed by atoms with van der Waals surface area (Å²) in [6.07, 6.45) is 7.53. The van der Waals surface area contributed by atoms with Crippen molar-refractivity contribution in [3.8, 4) is 11.3 Å². The summed E-state index contributed by atoms with van der Waals surface area (Å²) in [6.45, 7) is 4.66. The van der Waals surface area contributed by atoms with Crippen LogP contribution < -0.4 is 5.32 Å². The van der Waals surface area contributed by atoms with E-state index in [0.29, 0.717) is 11.3 Å². The Kier molecular flexibility index (Phi) is 4.43. The van der Waals surface area contributed by atoms with Gasteiger partial charge in [0.15, 0.2) is 5.65 Å². The van der Waals surface area contributed by atoms with Crippen LogP contribution in [0.15, 0.2) is 55.1 Å². The molecule has 0 radical (unpaired) electrons. The molecule has 0 atom stereocenters. The molecule has 0 saturated heterocycles. The van der Waals surface area contributed by atoms with E-state index in [1.54, 1.807) is 12.4 Å². The van der Waals surface area contributed by atoms with E-state index in [0.717, 1.165) is 41.1 Å². The number of anilines is 1. The second-order valence-corrected chi connectivity index (χ2v) is 7.43. The summed E-state index contributed by atoms with van der Waals surface area (Å²) >= 11 is 0. The molecule has 4 aromatic heterocycles. The van der Waals surface area contributed by atoms with Gasteiger partial charge in [-0.3, -0.25) is 4.98 Å². The van der Waals surface area contributed by atoms with Gasteiger partial charge in [0, 0.05) is 46.5 Å². The Morgan fingerprint density at radius 2 is 2.00 bits per heavy atom. The van der Waals surface area contributed by atoms with Crippen LogP contribution in [0.25, 0.3) is 27.8 Å². The highest BCUT2D eigenvalue weighted by Crippen LogP contribution is 2.29. The van der Waals surface area contributed by atoms with Crippen LogP contribution in [0.3, 0.4) is 0 Å². The molecule has 6 nitrogen and oxygen atoms in total. The monoisotopic (exact) mass is 400 g/mol. The molecular formula is C23H21FN6. The van der Waals surface area contributed by atoms with Gasteiger partial charge in [0.05, 0.1) is 18.1 Å². The second kappa shape index (κ2) is 7.26. The number of aromatic nitrogens is 5. The third-order valence-corrected chi connectivity index (χ3v) is 5.40. The Balaban J connectivity index is 1.51. The van der Waals surface area contributed by atoms with Crippen LogP contribution in [0.4, 0.5) is 10.2 Å². The number of para-hydroxylation sites is 1. The first-order chi connectivity index (χ1) is 14.6. The van der Waals surface area contributed by atoms with Crippen molar-refractivity contribution in [1.29, 1.82) is 0 Å². The molecule has 0 aliphatic heterocycles. The van der Waals surface area contributed by atoms with Crippen molar-refractivity contribution in [3.05, 3.63) is 77.6 Å². The molecular weight excluding hydrogens is 379 g/mol. The molecule has 0 unspecified atom stereocenters. The maximum atomic E-state index is 13.8. The summed E-state index contributed by atoms with van der Waals surface area (Å²) in [5, 5.41) is 9.26. The Labute approximate surface area is 172 Å². The Morgan fingerprint density at radius 1 is 1.13 bits per heavy atom. The van der Waals surface area contributed by atoms with Crippen molar-refractivity contribution in [3.63, 3.8) is 0 Å². The molecule has 0 aliphatic rings.